The fourth-order valence-electron chi connectivity index (χ4n) is 1.73. The molecule has 3 heteroatoms. The highest BCUT2D eigenvalue weighted by atomic mass is 16.5. The van der Waals surface area contributed by atoms with Crippen LogP contribution >= 0.6 is 0 Å². The molecule has 18 heavy (non-hydrogen) atoms. The van der Waals surface area contributed by atoms with Crippen LogP contribution in [0.15, 0.2) is 24.3 Å². The monoisotopic (exact) mass is 251 g/mol. The van der Waals surface area contributed by atoms with Crippen molar-refractivity contribution in [3.8, 4) is 5.75 Å². The van der Waals surface area contributed by atoms with E-state index in [1.165, 1.54) is 0 Å². The topological polar surface area (TPSA) is 41.5 Å². The summed E-state index contributed by atoms with van der Waals surface area (Å²) in [6, 6.07) is 8.36. The van der Waals surface area contributed by atoms with Crippen LogP contribution in [0.4, 0.5) is 0 Å². The summed E-state index contributed by atoms with van der Waals surface area (Å²) in [4.78, 5) is 0. The molecule has 2 N–H and O–H groups in total. The van der Waals surface area contributed by atoms with E-state index < -0.39 is 0 Å². The van der Waals surface area contributed by atoms with Crippen molar-refractivity contribution in [3.05, 3.63) is 29.8 Å². The van der Waals surface area contributed by atoms with Gasteiger partial charge in [-0.1, -0.05) is 26.0 Å². The third-order valence-corrected chi connectivity index (χ3v) is 3.04. The van der Waals surface area contributed by atoms with Crippen molar-refractivity contribution >= 4 is 0 Å². The molecule has 3 nitrogen and oxygen atoms in total. The molecule has 2 unspecified atom stereocenters. The molecule has 0 bridgehead atoms. The van der Waals surface area contributed by atoms with E-state index in [0.717, 1.165) is 30.8 Å². The molecule has 1 aromatic carbocycles. The first-order chi connectivity index (χ1) is 8.71. The van der Waals surface area contributed by atoms with E-state index in [9.17, 15) is 5.11 Å². The molecule has 0 aliphatic heterocycles. The first-order valence-corrected chi connectivity index (χ1v) is 6.80. The molecular weight excluding hydrogens is 226 g/mol. The Morgan fingerprint density at radius 1 is 1.22 bits per heavy atom. The molecule has 0 saturated heterocycles. The van der Waals surface area contributed by atoms with E-state index in [4.69, 9.17) is 4.74 Å². The van der Waals surface area contributed by atoms with Gasteiger partial charge in [0.1, 0.15) is 5.75 Å². The predicted molar refractivity (Wildman–Crippen MR) is 74.9 cm³/mol. The van der Waals surface area contributed by atoms with Gasteiger partial charge in [0.2, 0.25) is 0 Å². The number of aliphatic hydroxyl groups excluding tert-OH is 1. The summed E-state index contributed by atoms with van der Waals surface area (Å²) in [5.74, 6) is 0.890. The van der Waals surface area contributed by atoms with Gasteiger partial charge in [-0.05, 0) is 37.5 Å². The first kappa shape index (κ1) is 15.0. The van der Waals surface area contributed by atoms with E-state index in [1.807, 2.05) is 24.3 Å². The van der Waals surface area contributed by atoms with Crippen LogP contribution in [0.5, 0.6) is 5.75 Å². The third-order valence-electron chi connectivity index (χ3n) is 3.04. The van der Waals surface area contributed by atoms with E-state index in [2.05, 4.69) is 26.1 Å². The lowest BCUT2D eigenvalue weighted by atomic mass is 10.1. The zero-order valence-electron chi connectivity index (χ0n) is 11.6. The standard InChI is InChI=1S/C15H25NO2/c1-4-10-18-14-8-6-13(7-9-14)15(11-17)16-12(3)5-2/h6-9,12,15-17H,4-5,10-11H2,1-3H3. The van der Waals surface area contributed by atoms with Gasteiger partial charge in [0.05, 0.1) is 19.3 Å². The van der Waals surface area contributed by atoms with Gasteiger partial charge in [-0.15, -0.1) is 0 Å². The van der Waals surface area contributed by atoms with Gasteiger partial charge in [-0.3, -0.25) is 0 Å². The van der Waals surface area contributed by atoms with Crippen LogP contribution in [-0.2, 0) is 0 Å². The van der Waals surface area contributed by atoms with Crippen molar-refractivity contribution in [2.45, 2.75) is 45.7 Å². The molecule has 102 valence electrons. The van der Waals surface area contributed by atoms with Gasteiger partial charge >= 0.3 is 0 Å². The Labute approximate surface area is 110 Å². The Hall–Kier alpha value is -1.06. The number of ether oxygens (including phenoxy) is 1. The lowest BCUT2D eigenvalue weighted by Crippen LogP contribution is -2.32. The largest absolute Gasteiger partial charge is 0.494 e. The van der Waals surface area contributed by atoms with Crippen LogP contribution in [0.2, 0.25) is 0 Å². The van der Waals surface area contributed by atoms with Crippen LogP contribution < -0.4 is 10.1 Å². The summed E-state index contributed by atoms with van der Waals surface area (Å²) < 4.78 is 5.54. The molecule has 0 radical (unpaired) electrons. The molecule has 1 rings (SSSR count). The van der Waals surface area contributed by atoms with Crippen molar-refractivity contribution in [1.29, 1.82) is 0 Å². The smallest absolute Gasteiger partial charge is 0.119 e. The number of hydrogen-bond acceptors (Lipinski definition) is 3. The molecular formula is C15H25NO2. The molecule has 0 aliphatic rings. The van der Waals surface area contributed by atoms with Crippen LogP contribution in [0.25, 0.3) is 0 Å². The molecule has 1 aromatic rings. The molecule has 0 heterocycles. The second-order valence-electron chi connectivity index (χ2n) is 4.63. The number of benzene rings is 1. The van der Waals surface area contributed by atoms with Gasteiger partial charge in [0, 0.05) is 6.04 Å². The Morgan fingerprint density at radius 2 is 1.89 bits per heavy atom. The predicted octanol–water partition coefficient (Wildman–Crippen LogP) is 2.90. The number of aliphatic hydroxyl groups is 1. The average Bonchev–Trinajstić information content (AvgIpc) is 2.42. The van der Waals surface area contributed by atoms with Crippen molar-refractivity contribution in [3.63, 3.8) is 0 Å². The van der Waals surface area contributed by atoms with E-state index in [0.29, 0.717) is 6.04 Å². The lowest BCUT2D eigenvalue weighted by Gasteiger charge is -2.21. The Balaban J connectivity index is 2.63. The maximum atomic E-state index is 9.44. The van der Waals surface area contributed by atoms with E-state index in [1.54, 1.807) is 0 Å². The van der Waals surface area contributed by atoms with Gasteiger partial charge in [-0.2, -0.15) is 0 Å². The molecule has 2 atom stereocenters. The van der Waals surface area contributed by atoms with Crippen LogP contribution in [0.1, 0.15) is 45.2 Å². The molecule has 0 saturated carbocycles. The summed E-state index contributed by atoms with van der Waals surface area (Å²) >= 11 is 0. The van der Waals surface area contributed by atoms with E-state index in [-0.39, 0.29) is 12.6 Å². The van der Waals surface area contributed by atoms with Crippen LogP contribution in [-0.4, -0.2) is 24.4 Å². The van der Waals surface area contributed by atoms with E-state index >= 15 is 0 Å². The molecule has 0 aliphatic carbocycles. The van der Waals surface area contributed by atoms with Gasteiger partial charge in [0.25, 0.3) is 0 Å². The van der Waals surface area contributed by atoms with Crippen molar-refractivity contribution < 1.29 is 9.84 Å². The van der Waals surface area contributed by atoms with Gasteiger partial charge in [0.15, 0.2) is 0 Å². The van der Waals surface area contributed by atoms with Crippen molar-refractivity contribution in [2.24, 2.45) is 0 Å². The average molecular weight is 251 g/mol. The molecule has 0 fully saturated rings. The highest BCUT2D eigenvalue weighted by molar-refractivity contribution is 5.29. The number of nitrogens with one attached hydrogen (secondary N) is 1. The summed E-state index contributed by atoms with van der Waals surface area (Å²) in [5.41, 5.74) is 1.10. The fraction of sp³-hybridized carbons (Fsp3) is 0.600. The SMILES string of the molecule is CCCOc1ccc(C(CO)NC(C)CC)cc1. The highest BCUT2D eigenvalue weighted by Crippen LogP contribution is 2.18. The van der Waals surface area contributed by atoms with Gasteiger partial charge < -0.3 is 15.2 Å². The molecule has 0 spiro atoms. The quantitative estimate of drug-likeness (QED) is 0.746. The zero-order valence-corrected chi connectivity index (χ0v) is 11.6. The molecule has 0 aromatic heterocycles. The number of rotatable bonds is 8. The van der Waals surface area contributed by atoms with Crippen LogP contribution in [0.3, 0.4) is 0 Å². The van der Waals surface area contributed by atoms with Crippen molar-refractivity contribution in [2.75, 3.05) is 13.2 Å². The second-order valence-corrected chi connectivity index (χ2v) is 4.63. The van der Waals surface area contributed by atoms with Gasteiger partial charge in [-0.25, -0.2) is 0 Å². The highest BCUT2D eigenvalue weighted by Gasteiger charge is 2.12. The zero-order chi connectivity index (χ0) is 13.4. The Morgan fingerprint density at radius 3 is 2.39 bits per heavy atom. The minimum atomic E-state index is 0.000162. The number of hydrogen-bond donors (Lipinski definition) is 2. The Kier molecular flexibility index (Phi) is 6.76. The fourth-order valence-corrected chi connectivity index (χ4v) is 1.73. The normalized spacial score (nSPS) is 14.2. The third kappa shape index (κ3) is 4.67. The first-order valence-electron chi connectivity index (χ1n) is 6.80. The minimum Gasteiger partial charge on any atom is -0.494 e. The summed E-state index contributed by atoms with van der Waals surface area (Å²) in [6.45, 7) is 7.20. The molecule has 0 amide bonds. The maximum absolute atomic E-state index is 9.44. The summed E-state index contributed by atoms with van der Waals surface area (Å²) in [5, 5.41) is 12.8. The van der Waals surface area contributed by atoms with Crippen molar-refractivity contribution in [1.82, 2.24) is 5.32 Å². The van der Waals surface area contributed by atoms with Crippen LogP contribution in [0, 0.1) is 0 Å². The second kappa shape index (κ2) is 8.11. The Bertz CT molecular complexity index is 324. The lowest BCUT2D eigenvalue weighted by molar-refractivity contribution is 0.234. The minimum absolute atomic E-state index is 0.000162. The summed E-state index contributed by atoms with van der Waals surface area (Å²) in [7, 11) is 0. The summed E-state index contributed by atoms with van der Waals surface area (Å²) in [6.07, 6.45) is 2.06. The maximum Gasteiger partial charge on any atom is 0.119 e.